The molecule has 2 aromatic carbocycles. The first-order valence-corrected chi connectivity index (χ1v) is 9.09. The highest BCUT2D eigenvalue weighted by Crippen LogP contribution is 2.32. The van der Waals surface area contributed by atoms with Crippen molar-refractivity contribution in [2.45, 2.75) is 11.8 Å². The smallest absolute Gasteiger partial charge is 0.324 e. The number of hydrogen-bond donors (Lipinski definition) is 1. The Bertz CT molecular complexity index is 837. The van der Waals surface area contributed by atoms with Crippen molar-refractivity contribution < 1.29 is 18.3 Å². The molecule has 122 valence electrons. The molecule has 8 heteroatoms. The molecule has 0 aromatic heterocycles. The number of nitrogens with zero attached hydrogens (tertiary/aromatic N) is 1. The highest BCUT2D eigenvalue weighted by Gasteiger charge is 2.28. The van der Waals surface area contributed by atoms with E-state index >= 15 is 0 Å². The van der Waals surface area contributed by atoms with Gasteiger partial charge in [0.25, 0.3) is 10.0 Å². The minimum Gasteiger partial charge on any atom is -0.480 e. The molecule has 0 unspecified atom stereocenters. The summed E-state index contributed by atoms with van der Waals surface area (Å²) in [6.07, 6.45) is 0. The van der Waals surface area contributed by atoms with Gasteiger partial charge in [0, 0.05) is 4.47 Å². The molecule has 0 saturated heterocycles. The summed E-state index contributed by atoms with van der Waals surface area (Å²) in [7, 11) is -4.05. The zero-order chi connectivity index (χ0) is 17.2. The summed E-state index contributed by atoms with van der Waals surface area (Å²) in [6, 6.07) is 10.7. The number of aliphatic carboxylic acids is 1. The van der Waals surface area contributed by atoms with Crippen molar-refractivity contribution >= 4 is 49.2 Å². The minimum absolute atomic E-state index is 0.00309. The predicted octanol–water partition coefficient (Wildman–Crippen LogP) is 3.69. The zero-order valence-corrected chi connectivity index (χ0v) is 15.2. The van der Waals surface area contributed by atoms with Crippen molar-refractivity contribution in [3.05, 3.63) is 57.5 Å². The van der Waals surface area contributed by atoms with Gasteiger partial charge < -0.3 is 5.11 Å². The minimum atomic E-state index is -4.05. The molecule has 23 heavy (non-hydrogen) atoms. The maximum Gasteiger partial charge on any atom is 0.324 e. The van der Waals surface area contributed by atoms with Crippen molar-refractivity contribution in [3.8, 4) is 0 Å². The summed E-state index contributed by atoms with van der Waals surface area (Å²) in [5.74, 6) is -1.28. The molecule has 0 heterocycles. The first-order chi connectivity index (χ1) is 10.7. The van der Waals surface area contributed by atoms with Crippen LogP contribution in [0.25, 0.3) is 0 Å². The molecule has 2 rings (SSSR count). The number of benzene rings is 2. The third-order valence-electron chi connectivity index (χ3n) is 3.07. The Morgan fingerprint density at radius 2 is 1.83 bits per heavy atom. The average Bonchev–Trinajstić information content (AvgIpc) is 2.45. The Kier molecular flexibility index (Phi) is 5.33. The molecule has 0 radical (unpaired) electrons. The normalized spacial score (nSPS) is 11.3. The van der Waals surface area contributed by atoms with Crippen LogP contribution in [-0.4, -0.2) is 26.0 Å². The Balaban J connectivity index is 2.57. The maximum absolute atomic E-state index is 12.8. The van der Waals surface area contributed by atoms with Crippen molar-refractivity contribution in [1.82, 2.24) is 0 Å². The summed E-state index contributed by atoms with van der Waals surface area (Å²) in [5, 5.41) is 9.22. The predicted molar refractivity (Wildman–Crippen MR) is 92.5 cm³/mol. The number of carboxylic acid groups (broad SMARTS) is 1. The van der Waals surface area contributed by atoms with Crippen molar-refractivity contribution in [3.63, 3.8) is 0 Å². The molecule has 0 aliphatic rings. The fourth-order valence-corrected chi connectivity index (χ4v) is 4.20. The first-order valence-electron chi connectivity index (χ1n) is 6.48. The van der Waals surface area contributed by atoms with E-state index in [9.17, 15) is 13.2 Å². The number of anilines is 1. The van der Waals surface area contributed by atoms with Crippen LogP contribution in [0.1, 0.15) is 5.56 Å². The molecule has 0 bridgehead atoms. The third-order valence-corrected chi connectivity index (χ3v) is 5.64. The molecule has 0 atom stereocenters. The third kappa shape index (κ3) is 4.04. The fourth-order valence-electron chi connectivity index (χ4n) is 1.94. The van der Waals surface area contributed by atoms with Gasteiger partial charge in [-0.05, 0) is 37.3 Å². The van der Waals surface area contributed by atoms with Crippen LogP contribution in [0.15, 0.2) is 51.8 Å². The van der Waals surface area contributed by atoms with Gasteiger partial charge in [-0.2, -0.15) is 0 Å². The van der Waals surface area contributed by atoms with E-state index in [2.05, 4.69) is 15.9 Å². The molecule has 1 N–H and O–H groups in total. The zero-order valence-electron chi connectivity index (χ0n) is 12.0. The van der Waals surface area contributed by atoms with Gasteiger partial charge in [-0.1, -0.05) is 45.2 Å². The van der Waals surface area contributed by atoms with Gasteiger partial charge in [0.15, 0.2) is 0 Å². The summed E-state index contributed by atoms with van der Waals surface area (Å²) in [6.45, 7) is 1.11. The summed E-state index contributed by atoms with van der Waals surface area (Å²) < 4.78 is 27.1. The van der Waals surface area contributed by atoms with Crippen LogP contribution in [0.2, 0.25) is 5.02 Å². The van der Waals surface area contributed by atoms with E-state index in [1.165, 1.54) is 24.3 Å². The molecule has 5 nitrogen and oxygen atoms in total. The Morgan fingerprint density at radius 3 is 2.35 bits per heavy atom. The lowest BCUT2D eigenvalue weighted by Gasteiger charge is -2.24. The Hall–Kier alpha value is -1.57. The lowest BCUT2D eigenvalue weighted by Crippen LogP contribution is -2.36. The van der Waals surface area contributed by atoms with Crippen LogP contribution in [0.3, 0.4) is 0 Å². The van der Waals surface area contributed by atoms with Crippen LogP contribution >= 0.6 is 27.5 Å². The van der Waals surface area contributed by atoms with Gasteiger partial charge in [-0.15, -0.1) is 0 Å². The molecule has 0 aliphatic heterocycles. The number of hydrogen-bond acceptors (Lipinski definition) is 3. The Labute approximate surface area is 147 Å². The first kappa shape index (κ1) is 17.8. The molecule has 0 fully saturated rings. The van der Waals surface area contributed by atoms with Gasteiger partial charge >= 0.3 is 5.97 Å². The summed E-state index contributed by atoms with van der Waals surface area (Å²) >= 11 is 9.33. The number of sulfonamides is 1. The lowest BCUT2D eigenvalue weighted by molar-refractivity contribution is -0.135. The number of halogens is 2. The van der Waals surface area contributed by atoms with Crippen LogP contribution in [-0.2, 0) is 14.8 Å². The van der Waals surface area contributed by atoms with Crippen LogP contribution in [0.5, 0.6) is 0 Å². The van der Waals surface area contributed by atoms with Crippen LogP contribution in [0, 0.1) is 6.92 Å². The number of rotatable bonds is 5. The molecular weight excluding hydrogens is 406 g/mol. The summed E-state index contributed by atoms with van der Waals surface area (Å²) in [4.78, 5) is 11.1. The highest BCUT2D eigenvalue weighted by molar-refractivity contribution is 9.10. The van der Waals surface area contributed by atoms with Crippen molar-refractivity contribution in [2.24, 2.45) is 0 Å². The van der Waals surface area contributed by atoms with Gasteiger partial charge in [0.05, 0.1) is 15.6 Å². The van der Waals surface area contributed by atoms with Gasteiger partial charge in [-0.25, -0.2) is 8.42 Å². The second-order valence-corrected chi connectivity index (χ2v) is 8.00. The Morgan fingerprint density at radius 1 is 1.22 bits per heavy atom. The second-order valence-electron chi connectivity index (χ2n) is 4.81. The maximum atomic E-state index is 12.8. The summed E-state index contributed by atoms with van der Waals surface area (Å²) in [5.41, 5.74) is 1.01. The SMILES string of the molecule is Cc1ccc(S(=O)(=O)N(CC(=O)O)c2ccc(Br)cc2Cl)cc1. The van der Waals surface area contributed by atoms with E-state index in [0.717, 1.165) is 9.87 Å². The quantitative estimate of drug-likeness (QED) is 0.803. The molecule has 0 spiro atoms. The van der Waals surface area contributed by atoms with E-state index in [1.54, 1.807) is 18.2 Å². The number of aryl methyl sites for hydroxylation is 1. The second kappa shape index (κ2) is 6.90. The van der Waals surface area contributed by atoms with E-state index in [1.807, 2.05) is 6.92 Å². The van der Waals surface area contributed by atoms with E-state index in [0.29, 0.717) is 4.47 Å². The molecule has 0 amide bonds. The molecule has 0 saturated carbocycles. The highest BCUT2D eigenvalue weighted by atomic mass is 79.9. The van der Waals surface area contributed by atoms with Crippen LogP contribution < -0.4 is 4.31 Å². The van der Waals surface area contributed by atoms with Crippen molar-refractivity contribution in [2.75, 3.05) is 10.8 Å². The van der Waals surface area contributed by atoms with E-state index in [4.69, 9.17) is 16.7 Å². The van der Waals surface area contributed by atoms with E-state index < -0.39 is 22.5 Å². The molecule has 0 aliphatic carbocycles. The topological polar surface area (TPSA) is 74.7 Å². The largest absolute Gasteiger partial charge is 0.480 e. The van der Waals surface area contributed by atoms with Gasteiger partial charge in [0.1, 0.15) is 6.54 Å². The molecule has 2 aromatic rings. The number of carbonyl (C=O) groups is 1. The average molecular weight is 419 g/mol. The van der Waals surface area contributed by atoms with Crippen molar-refractivity contribution in [1.29, 1.82) is 0 Å². The van der Waals surface area contributed by atoms with Gasteiger partial charge in [0.2, 0.25) is 0 Å². The van der Waals surface area contributed by atoms with E-state index in [-0.39, 0.29) is 15.6 Å². The fraction of sp³-hybridized carbons (Fsp3) is 0.133. The van der Waals surface area contributed by atoms with Crippen LogP contribution in [0.4, 0.5) is 5.69 Å². The molecular formula is C15H13BrClNO4S. The monoisotopic (exact) mass is 417 g/mol. The standard InChI is InChI=1S/C15H13BrClNO4S/c1-10-2-5-12(6-3-10)23(21,22)18(9-15(19)20)14-7-4-11(16)8-13(14)17/h2-8H,9H2,1H3,(H,19,20). The number of carboxylic acids is 1. The van der Waals surface area contributed by atoms with Gasteiger partial charge in [-0.3, -0.25) is 9.10 Å². The lowest BCUT2D eigenvalue weighted by atomic mass is 10.2.